The third-order valence-corrected chi connectivity index (χ3v) is 3.63. The first-order chi connectivity index (χ1) is 10.9. The maximum atomic E-state index is 13.2. The van der Waals surface area contributed by atoms with Crippen LogP contribution in [0, 0.1) is 28.9 Å². The molecule has 2 N–H and O–H groups in total. The molecular weight excluding hydrogens is 304 g/mol. The zero-order valence-corrected chi connectivity index (χ0v) is 13.4. The Balaban J connectivity index is 0.00000127. The average molecular weight is 325 g/mol. The number of hydrogen-bond donors (Lipinski definition) is 2. The Morgan fingerprint density at radius 1 is 1.48 bits per heavy atom. The van der Waals surface area contributed by atoms with Crippen molar-refractivity contribution in [2.75, 3.05) is 13.6 Å². The number of nitrogens with zero attached hydrogens (tertiary/aromatic N) is 2. The third kappa shape index (κ3) is 4.63. The van der Waals surface area contributed by atoms with E-state index in [4.69, 9.17) is 5.26 Å². The van der Waals surface area contributed by atoms with Crippen molar-refractivity contribution in [3.8, 4) is 11.8 Å². The maximum absolute atomic E-state index is 13.2. The minimum absolute atomic E-state index is 0.0240. The lowest BCUT2D eigenvalue weighted by Crippen LogP contribution is -2.31. The van der Waals surface area contributed by atoms with Crippen LogP contribution in [0.25, 0.3) is 0 Å². The molecule has 1 amide bonds. The first-order valence-corrected chi connectivity index (χ1v) is 7.46. The zero-order chi connectivity index (χ0) is 17.6. The standard InChI is InChI=1S/C14H15F2N3O2.C2H6/c1-19-7-9(3-11(19)5-17)14(21)18-6-8-2-10(15)4-12(16)13(8)20;1-2/h2,4,9,11,20H,3,6-7H2,1H3,(H,18,21);1-2H3. The third-order valence-electron chi connectivity index (χ3n) is 3.63. The molecule has 1 aliphatic rings. The molecule has 126 valence electrons. The molecule has 2 atom stereocenters. The summed E-state index contributed by atoms with van der Waals surface area (Å²) in [5.74, 6) is -3.21. The van der Waals surface area contributed by atoms with Gasteiger partial charge in [0.1, 0.15) is 5.82 Å². The Hall–Kier alpha value is -2.20. The van der Waals surface area contributed by atoms with E-state index in [2.05, 4.69) is 11.4 Å². The van der Waals surface area contributed by atoms with Gasteiger partial charge in [-0.3, -0.25) is 9.69 Å². The molecule has 2 unspecified atom stereocenters. The van der Waals surface area contributed by atoms with Crippen molar-refractivity contribution >= 4 is 5.91 Å². The zero-order valence-electron chi connectivity index (χ0n) is 13.4. The molecule has 0 saturated carbocycles. The van der Waals surface area contributed by atoms with Gasteiger partial charge in [-0.15, -0.1) is 0 Å². The quantitative estimate of drug-likeness (QED) is 0.893. The van der Waals surface area contributed by atoms with Crippen LogP contribution in [0.2, 0.25) is 0 Å². The number of amides is 1. The van der Waals surface area contributed by atoms with E-state index in [1.165, 1.54) is 0 Å². The van der Waals surface area contributed by atoms with Gasteiger partial charge >= 0.3 is 0 Å². The van der Waals surface area contributed by atoms with Crippen molar-refractivity contribution in [1.29, 1.82) is 5.26 Å². The number of halogens is 2. The summed E-state index contributed by atoms with van der Waals surface area (Å²) in [6.45, 7) is 4.28. The number of nitriles is 1. The Morgan fingerprint density at radius 2 is 2.13 bits per heavy atom. The second-order valence-corrected chi connectivity index (χ2v) is 5.13. The Kier molecular flexibility index (Phi) is 6.91. The number of likely N-dealkylation sites (tertiary alicyclic amines) is 1. The summed E-state index contributed by atoms with van der Waals surface area (Å²) in [7, 11) is 1.76. The van der Waals surface area contributed by atoms with Crippen molar-refractivity contribution in [2.24, 2.45) is 5.92 Å². The van der Waals surface area contributed by atoms with Crippen molar-refractivity contribution in [3.05, 3.63) is 29.3 Å². The van der Waals surface area contributed by atoms with Crippen molar-refractivity contribution in [3.63, 3.8) is 0 Å². The second-order valence-electron chi connectivity index (χ2n) is 5.13. The molecule has 0 aromatic heterocycles. The summed E-state index contributed by atoms with van der Waals surface area (Å²) in [6.07, 6.45) is 0.419. The molecular formula is C16H21F2N3O2. The maximum Gasteiger partial charge on any atom is 0.224 e. The van der Waals surface area contributed by atoms with E-state index in [-0.39, 0.29) is 30.0 Å². The van der Waals surface area contributed by atoms with Crippen LogP contribution in [-0.2, 0) is 11.3 Å². The number of phenols is 1. The molecule has 0 aliphatic carbocycles. The van der Waals surface area contributed by atoms with Gasteiger partial charge in [0, 0.05) is 24.7 Å². The van der Waals surface area contributed by atoms with Gasteiger partial charge in [-0.05, 0) is 19.5 Å². The summed E-state index contributed by atoms with van der Waals surface area (Å²) in [6, 6.07) is 3.34. The van der Waals surface area contributed by atoms with Gasteiger partial charge < -0.3 is 10.4 Å². The van der Waals surface area contributed by atoms with Crippen molar-refractivity contribution in [1.82, 2.24) is 10.2 Å². The minimum Gasteiger partial charge on any atom is -0.505 e. The summed E-state index contributed by atoms with van der Waals surface area (Å²) < 4.78 is 26.2. The Labute approximate surface area is 134 Å². The molecule has 5 nitrogen and oxygen atoms in total. The lowest BCUT2D eigenvalue weighted by atomic mass is 10.1. The van der Waals surface area contributed by atoms with Gasteiger partial charge in [0.25, 0.3) is 0 Å². The molecule has 2 rings (SSSR count). The number of carbonyl (C=O) groups is 1. The van der Waals surface area contributed by atoms with Gasteiger partial charge in [0.15, 0.2) is 11.6 Å². The minimum atomic E-state index is -1.07. The van der Waals surface area contributed by atoms with Gasteiger partial charge in [-0.2, -0.15) is 5.26 Å². The van der Waals surface area contributed by atoms with Crippen LogP contribution < -0.4 is 5.32 Å². The molecule has 1 fully saturated rings. The topological polar surface area (TPSA) is 76.4 Å². The lowest BCUT2D eigenvalue weighted by Gasteiger charge is -2.12. The highest BCUT2D eigenvalue weighted by atomic mass is 19.1. The fraction of sp³-hybridized carbons (Fsp3) is 0.500. The van der Waals surface area contributed by atoms with Gasteiger partial charge in [-0.25, -0.2) is 8.78 Å². The molecule has 1 aromatic carbocycles. The largest absolute Gasteiger partial charge is 0.505 e. The predicted octanol–water partition coefficient (Wildman–Crippen LogP) is 2.16. The van der Waals surface area contributed by atoms with Crippen LogP contribution in [0.3, 0.4) is 0 Å². The first kappa shape index (κ1) is 18.8. The summed E-state index contributed by atoms with van der Waals surface area (Å²) in [4.78, 5) is 13.8. The highest BCUT2D eigenvalue weighted by molar-refractivity contribution is 5.79. The van der Waals surface area contributed by atoms with Crippen LogP contribution >= 0.6 is 0 Å². The number of rotatable bonds is 3. The van der Waals surface area contributed by atoms with E-state index >= 15 is 0 Å². The second kappa shape index (κ2) is 8.44. The molecule has 0 bridgehead atoms. The van der Waals surface area contributed by atoms with E-state index in [0.717, 1.165) is 6.07 Å². The Morgan fingerprint density at radius 3 is 2.70 bits per heavy atom. The first-order valence-electron chi connectivity index (χ1n) is 7.46. The molecule has 1 heterocycles. The summed E-state index contributed by atoms with van der Waals surface area (Å²) in [5, 5.41) is 20.9. The fourth-order valence-electron chi connectivity index (χ4n) is 2.42. The smallest absolute Gasteiger partial charge is 0.224 e. The van der Waals surface area contributed by atoms with Crippen LogP contribution in [0.4, 0.5) is 8.78 Å². The molecule has 23 heavy (non-hydrogen) atoms. The monoisotopic (exact) mass is 325 g/mol. The molecule has 1 saturated heterocycles. The molecule has 7 heteroatoms. The van der Waals surface area contributed by atoms with E-state index in [9.17, 15) is 18.7 Å². The SMILES string of the molecule is CC.CN1CC(C(=O)NCc2cc(F)cc(F)c2O)CC1C#N. The average Bonchev–Trinajstić information content (AvgIpc) is 2.92. The van der Waals surface area contributed by atoms with Crippen LogP contribution in [0.1, 0.15) is 25.8 Å². The van der Waals surface area contributed by atoms with Crippen molar-refractivity contribution in [2.45, 2.75) is 32.9 Å². The number of aromatic hydroxyl groups is 1. The van der Waals surface area contributed by atoms with Gasteiger partial charge in [0.2, 0.25) is 5.91 Å². The lowest BCUT2D eigenvalue weighted by molar-refractivity contribution is -0.124. The molecule has 1 aliphatic heterocycles. The molecule has 0 radical (unpaired) electrons. The highest BCUT2D eigenvalue weighted by Crippen LogP contribution is 2.24. The normalized spacial score (nSPS) is 20.3. The number of carbonyl (C=O) groups excluding carboxylic acids is 1. The number of phenolic OH excluding ortho intramolecular Hbond substituents is 1. The number of nitrogens with one attached hydrogen (secondary N) is 1. The Bertz CT molecular complexity index is 602. The van der Waals surface area contributed by atoms with Gasteiger partial charge in [-0.1, -0.05) is 13.8 Å². The van der Waals surface area contributed by atoms with Crippen LogP contribution in [0.5, 0.6) is 5.75 Å². The fourth-order valence-corrected chi connectivity index (χ4v) is 2.42. The van der Waals surface area contributed by atoms with E-state index in [0.29, 0.717) is 19.0 Å². The van der Waals surface area contributed by atoms with Crippen LogP contribution in [-0.4, -0.2) is 35.5 Å². The summed E-state index contributed by atoms with van der Waals surface area (Å²) in [5.41, 5.74) is -0.0240. The molecule has 0 spiro atoms. The number of benzene rings is 1. The molecule has 1 aromatic rings. The predicted molar refractivity (Wildman–Crippen MR) is 81.4 cm³/mol. The highest BCUT2D eigenvalue weighted by Gasteiger charge is 2.33. The van der Waals surface area contributed by atoms with Gasteiger partial charge in [0.05, 0.1) is 18.0 Å². The van der Waals surface area contributed by atoms with E-state index in [1.807, 2.05) is 13.8 Å². The van der Waals surface area contributed by atoms with E-state index in [1.54, 1.807) is 11.9 Å². The summed E-state index contributed by atoms with van der Waals surface area (Å²) >= 11 is 0. The van der Waals surface area contributed by atoms with Crippen LogP contribution in [0.15, 0.2) is 12.1 Å². The van der Waals surface area contributed by atoms with Crippen molar-refractivity contribution < 1.29 is 18.7 Å². The van der Waals surface area contributed by atoms with E-state index < -0.39 is 17.4 Å². The number of hydrogen-bond acceptors (Lipinski definition) is 4.